The van der Waals surface area contributed by atoms with Gasteiger partial charge in [0.2, 0.25) is 0 Å². The van der Waals surface area contributed by atoms with Gasteiger partial charge in [-0.1, -0.05) is 29.8 Å². The average molecular weight is 201 g/mol. The summed E-state index contributed by atoms with van der Waals surface area (Å²) < 4.78 is 0. The van der Waals surface area contributed by atoms with E-state index in [1.54, 1.807) is 6.21 Å². The molecule has 1 N–H and O–H groups in total. The van der Waals surface area contributed by atoms with Crippen molar-refractivity contribution >= 4 is 6.21 Å². The molecule has 78 valence electrons. The Kier molecular flexibility index (Phi) is 1.57. The zero-order valence-electron chi connectivity index (χ0n) is 8.90. The highest BCUT2D eigenvalue weighted by molar-refractivity contribution is 5.73. The lowest BCUT2D eigenvalue weighted by molar-refractivity contribution is -0.0791. The SMILES string of the molecule is Cc1ccc(C23CC(C=NO)(C2)C3)cc1. The summed E-state index contributed by atoms with van der Waals surface area (Å²) in [6.45, 7) is 2.12. The number of benzene rings is 1. The number of rotatable bonds is 2. The smallest absolute Gasteiger partial charge is 0.0498 e. The second kappa shape index (κ2) is 2.63. The van der Waals surface area contributed by atoms with Gasteiger partial charge in [0.15, 0.2) is 0 Å². The van der Waals surface area contributed by atoms with Gasteiger partial charge >= 0.3 is 0 Å². The highest BCUT2D eigenvalue weighted by atomic mass is 16.4. The monoisotopic (exact) mass is 201 g/mol. The minimum atomic E-state index is 0.236. The summed E-state index contributed by atoms with van der Waals surface area (Å²) >= 11 is 0. The summed E-state index contributed by atoms with van der Waals surface area (Å²) in [6.07, 6.45) is 5.20. The van der Waals surface area contributed by atoms with Crippen LogP contribution in [0.5, 0.6) is 0 Å². The molecule has 0 unspecified atom stereocenters. The standard InChI is InChI=1S/C13H15NO/c1-10-2-4-11(5-3-10)13-6-12(7-13,8-13)9-14-15/h2-5,9,15H,6-8H2,1H3. The third-order valence-corrected chi connectivity index (χ3v) is 4.07. The Morgan fingerprint density at radius 1 is 1.20 bits per heavy atom. The summed E-state index contributed by atoms with van der Waals surface area (Å²) in [6, 6.07) is 8.86. The summed E-state index contributed by atoms with van der Waals surface area (Å²) in [5.74, 6) is 0. The molecule has 3 saturated carbocycles. The van der Waals surface area contributed by atoms with E-state index in [9.17, 15) is 0 Å². The molecule has 2 bridgehead atoms. The normalized spacial score (nSPS) is 37.4. The first-order valence-corrected chi connectivity index (χ1v) is 5.44. The molecule has 3 aliphatic carbocycles. The molecule has 0 spiro atoms. The Morgan fingerprint density at radius 3 is 2.33 bits per heavy atom. The van der Waals surface area contributed by atoms with E-state index < -0.39 is 0 Å². The molecule has 2 heteroatoms. The van der Waals surface area contributed by atoms with Gasteiger partial charge in [0.25, 0.3) is 0 Å². The lowest BCUT2D eigenvalue weighted by Crippen LogP contribution is -2.65. The maximum absolute atomic E-state index is 8.55. The van der Waals surface area contributed by atoms with E-state index in [1.807, 2.05) is 0 Å². The van der Waals surface area contributed by atoms with Crippen LogP contribution in [0.25, 0.3) is 0 Å². The summed E-state index contributed by atoms with van der Waals surface area (Å²) in [7, 11) is 0. The Morgan fingerprint density at radius 2 is 1.80 bits per heavy atom. The molecule has 0 aliphatic heterocycles. The average Bonchev–Trinajstić information content (AvgIpc) is 2.11. The lowest BCUT2D eigenvalue weighted by atomic mass is 9.34. The molecular weight excluding hydrogens is 186 g/mol. The van der Waals surface area contributed by atoms with Crippen molar-refractivity contribution in [3.8, 4) is 0 Å². The minimum absolute atomic E-state index is 0.236. The first-order chi connectivity index (χ1) is 7.18. The van der Waals surface area contributed by atoms with E-state index in [-0.39, 0.29) is 5.41 Å². The van der Waals surface area contributed by atoms with Crippen LogP contribution in [0, 0.1) is 12.3 Å². The zero-order chi connectivity index (χ0) is 10.5. The first kappa shape index (κ1) is 8.96. The van der Waals surface area contributed by atoms with Crippen molar-refractivity contribution in [1.82, 2.24) is 0 Å². The summed E-state index contributed by atoms with van der Waals surface area (Å²) in [5.41, 5.74) is 3.42. The van der Waals surface area contributed by atoms with Crippen molar-refractivity contribution in [2.24, 2.45) is 10.6 Å². The minimum Gasteiger partial charge on any atom is -0.411 e. The molecule has 2 nitrogen and oxygen atoms in total. The maximum Gasteiger partial charge on any atom is 0.0498 e. The predicted octanol–water partition coefficient (Wildman–Crippen LogP) is 2.88. The van der Waals surface area contributed by atoms with Crippen molar-refractivity contribution in [1.29, 1.82) is 0 Å². The van der Waals surface area contributed by atoms with Crippen LogP contribution in [0.1, 0.15) is 30.4 Å². The van der Waals surface area contributed by atoms with Crippen LogP contribution in [-0.2, 0) is 5.41 Å². The van der Waals surface area contributed by atoms with Crippen LogP contribution in [0.3, 0.4) is 0 Å². The Hall–Kier alpha value is -1.31. The Bertz CT molecular complexity index is 399. The molecule has 0 aromatic heterocycles. The van der Waals surface area contributed by atoms with Crippen LogP contribution >= 0.6 is 0 Å². The van der Waals surface area contributed by atoms with Gasteiger partial charge in [-0.15, -0.1) is 5.16 Å². The molecule has 0 atom stereocenters. The van der Waals surface area contributed by atoms with Gasteiger partial charge in [0.1, 0.15) is 0 Å². The first-order valence-electron chi connectivity index (χ1n) is 5.44. The number of hydrogen-bond acceptors (Lipinski definition) is 2. The van der Waals surface area contributed by atoms with Gasteiger partial charge in [-0.2, -0.15) is 0 Å². The van der Waals surface area contributed by atoms with Crippen molar-refractivity contribution < 1.29 is 5.21 Å². The number of nitrogens with zero attached hydrogens (tertiary/aromatic N) is 1. The largest absolute Gasteiger partial charge is 0.411 e. The van der Waals surface area contributed by atoms with Gasteiger partial charge < -0.3 is 5.21 Å². The van der Waals surface area contributed by atoms with Gasteiger partial charge in [-0.25, -0.2) is 0 Å². The van der Waals surface area contributed by atoms with Crippen molar-refractivity contribution in [3.63, 3.8) is 0 Å². The van der Waals surface area contributed by atoms with Crippen molar-refractivity contribution in [2.75, 3.05) is 0 Å². The van der Waals surface area contributed by atoms with Crippen molar-refractivity contribution in [3.05, 3.63) is 35.4 Å². The lowest BCUT2D eigenvalue weighted by Gasteiger charge is -2.69. The molecular formula is C13H15NO. The number of aryl methyl sites for hydroxylation is 1. The van der Waals surface area contributed by atoms with E-state index in [4.69, 9.17) is 5.21 Å². The third-order valence-electron chi connectivity index (χ3n) is 4.07. The molecule has 3 aliphatic rings. The third kappa shape index (κ3) is 1.08. The Balaban J connectivity index is 1.81. The fraction of sp³-hybridized carbons (Fsp3) is 0.462. The van der Waals surface area contributed by atoms with E-state index in [0.29, 0.717) is 5.41 Å². The highest BCUT2D eigenvalue weighted by Crippen LogP contribution is 2.72. The topological polar surface area (TPSA) is 32.6 Å². The molecule has 0 saturated heterocycles. The van der Waals surface area contributed by atoms with Gasteiger partial charge in [0, 0.05) is 11.6 Å². The molecule has 1 aromatic carbocycles. The molecule has 0 heterocycles. The van der Waals surface area contributed by atoms with Crippen molar-refractivity contribution in [2.45, 2.75) is 31.6 Å². The molecule has 1 aromatic rings. The van der Waals surface area contributed by atoms with Crippen LogP contribution < -0.4 is 0 Å². The van der Waals surface area contributed by atoms with E-state index in [1.165, 1.54) is 11.1 Å². The molecule has 3 fully saturated rings. The number of oxime groups is 1. The molecule has 15 heavy (non-hydrogen) atoms. The van der Waals surface area contributed by atoms with E-state index >= 15 is 0 Å². The summed E-state index contributed by atoms with van der Waals surface area (Å²) in [5, 5.41) is 11.7. The Labute approximate surface area is 89.6 Å². The number of hydrogen-bond donors (Lipinski definition) is 1. The van der Waals surface area contributed by atoms with Crippen LogP contribution in [-0.4, -0.2) is 11.4 Å². The fourth-order valence-corrected chi connectivity index (χ4v) is 3.34. The summed E-state index contributed by atoms with van der Waals surface area (Å²) in [4.78, 5) is 0. The van der Waals surface area contributed by atoms with E-state index in [0.717, 1.165) is 19.3 Å². The molecule has 0 amide bonds. The predicted molar refractivity (Wildman–Crippen MR) is 59.4 cm³/mol. The highest BCUT2D eigenvalue weighted by Gasteiger charge is 2.67. The van der Waals surface area contributed by atoms with Crippen LogP contribution in [0.2, 0.25) is 0 Å². The second-order valence-electron chi connectivity index (χ2n) is 5.28. The maximum atomic E-state index is 8.55. The molecule has 0 radical (unpaired) electrons. The van der Waals surface area contributed by atoms with E-state index in [2.05, 4.69) is 36.3 Å². The van der Waals surface area contributed by atoms with Crippen LogP contribution in [0.4, 0.5) is 0 Å². The van der Waals surface area contributed by atoms with Gasteiger partial charge in [-0.05, 0) is 37.2 Å². The second-order valence-corrected chi connectivity index (χ2v) is 5.28. The van der Waals surface area contributed by atoms with Gasteiger partial charge in [0.05, 0.1) is 0 Å². The van der Waals surface area contributed by atoms with Crippen LogP contribution in [0.15, 0.2) is 29.4 Å². The fourth-order valence-electron chi connectivity index (χ4n) is 3.34. The zero-order valence-corrected chi connectivity index (χ0v) is 8.90. The molecule has 4 rings (SSSR count). The quantitative estimate of drug-likeness (QED) is 0.445. The van der Waals surface area contributed by atoms with Gasteiger partial charge in [-0.3, -0.25) is 0 Å².